The summed E-state index contributed by atoms with van der Waals surface area (Å²) in [4.78, 5) is 2.69. The van der Waals surface area contributed by atoms with Gasteiger partial charge in [0.15, 0.2) is 0 Å². The Bertz CT molecular complexity index is 272. The monoisotopic (exact) mass is 209 g/mol. The third kappa shape index (κ3) is 1.31. The molecule has 86 valence electrons. The smallest absolute Gasteiger partial charge is 0.0671 e. The van der Waals surface area contributed by atoms with E-state index < -0.39 is 0 Å². The number of piperidine rings is 1. The van der Waals surface area contributed by atoms with E-state index in [2.05, 4.69) is 25.7 Å². The van der Waals surface area contributed by atoms with Gasteiger partial charge in [-0.1, -0.05) is 13.8 Å². The van der Waals surface area contributed by atoms with E-state index in [9.17, 15) is 0 Å². The Labute approximate surface area is 93.0 Å². The second kappa shape index (κ2) is 2.98. The molecule has 0 bridgehead atoms. The predicted octanol–water partition coefficient (Wildman–Crippen LogP) is 2.14. The highest BCUT2D eigenvalue weighted by atomic mass is 16.5. The van der Waals surface area contributed by atoms with Gasteiger partial charge in [0.1, 0.15) is 0 Å². The second-order valence-electron chi connectivity index (χ2n) is 6.47. The average Bonchev–Trinajstić information content (AvgIpc) is 2.88. The van der Waals surface area contributed by atoms with E-state index in [-0.39, 0.29) is 0 Å². The number of likely N-dealkylation sites (tertiary alicyclic amines) is 1. The van der Waals surface area contributed by atoms with Crippen LogP contribution in [0.5, 0.6) is 0 Å². The summed E-state index contributed by atoms with van der Waals surface area (Å²) in [5.74, 6) is 1.87. The highest BCUT2D eigenvalue weighted by Crippen LogP contribution is 2.63. The van der Waals surface area contributed by atoms with E-state index >= 15 is 0 Å². The third-order valence-electron chi connectivity index (χ3n) is 5.31. The van der Waals surface area contributed by atoms with Gasteiger partial charge in [0, 0.05) is 6.54 Å². The third-order valence-corrected chi connectivity index (χ3v) is 5.31. The second-order valence-corrected chi connectivity index (χ2v) is 6.47. The van der Waals surface area contributed by atoms with Gasteiger partial charge < -0.3 is 4.74 Å². The molecule has 3 aliphatic rings. The Morgan fingerprint density at radius 1 is 1.33 bits per heavy atom. The minimum Gasteiger partial charge on any atom is -0.377 e. The standard InChI is InChI=1S/C13H23NO/c1-10(2)13-4-5-14(7-11(13)6-13)12(3)8-15-9-12/h10-11H,4-9H2,1-3H3. The SMILES string of the molecule is CC(C)C12CCN(C3(C)COC3)CC1C2. The number of hydrogen-bond donors (Lipinski definition) is 0. The molecule has 0 aromatic rings. The first-order chi connectivity index (χ1) is 7.07. The number of ether oxygens (including phenoxy) is 1. The van der Waals surface area contributed by atoms with Crippen LogP contribution in [-0.4, -0.2) is 36.7 Å². The quantitative estimate of drug-likeness (QED) is 0.691. The summed E-state index contributed by atoms with van der Waals surface area (Å²) >= 11 is 0. The van der Waals surface area contributed by atoms with Crippen molar-refractivity contribution >= 4 is 0 Å². The normalized spacial score (nSPS) is 43.6. The summed E-state index contributed by atoms with van der Waals surface area (Å²) in [6.07, 6.45) is 2.91. The fourth-order valence-electron chi connectivity index (χ4n) is 3.72. The Hall–Kier alpha value is -0.0800. The van der Waals surface area contributed by atoms with E-state index in [0.29, 0.717) is 5.54 Å². The maximum Gasteiger partial charge on any atom is 0.0671 e. The van der Waals surface area contributed by atoms with Crippen molar-refractivity contribution in [1.82, 2.24) is 4.90 Å². The Morgan fingerprint density at radius 3 is 2.53 bits per heavy atom. The fourth-order valence-corrected chi connectivity index (χ4v) is 3.72. The molecule has 2 saturated heterocycles. The number of nitrogens with zero attached hydrogens (tertiary/aromatic N) is 1. The topological polar surface area (TPSA) is 12.5 Å². The first-order valence-electron chi connectivity index (χ1n) is 6.40. The van der Waals surface area contributed by atoms with E-state index in [1.165, 1.54) is 25.9 Å². The highest BCUT2D eigenvalue weighted by molar-refractivity contribution is 5.10. The largest absolute Gasteiger partial charge is 0.377 e. The summed E-state index contributed by atoms with van der Waals surface area (Å²) in [5, 5.41) is 0. The van der Waals surface area contributed by atoms with Crippen LogP contribution in [0.15, 0.2) is 0 Å². The molecule has 2 unspecified atom stereocenters. The van der Waals surface area contributed by atoms with Gasteiger partial charge >= 0.3 is 0 Å². The molecule has 3 rings (SSSR count). The van der Waals surface area contributed by atoms with Gasteiger partial charge in [-0.2, -0.15) is 0 Å². The van der Waals surface area contributed by atoms with Crippen molar-refractivity contribution in [1.29, 1.82) is 0 Å². The molecule has 2 aliphatic heterocycles. The summed E-state index contributed by atoms with van der Waals surface area (Å²) in [6, 6.07) is 0. The molecule has 3 fully saturated rings. The van der Waals surface area contributed by atoms with Crippen molar-refractivity contribution in [3.05, 3.63) is 0 Å². The minimum absolute atomic E-state index is 0.381. The molecule has 0 amide bonds. The van der Waals surface area contributed by atoms with Gasteiger partial charge in [0.05, 0.1) is 18.8 Å². The number of hydrogen-bond acceptors (Lipinski definition) is 2. The van der Waals surface area contributed by atoms with Crippen molar-refractivity contribution in [2.75, 3.05) is 26.3 Å². The van der Waals surface area contributed by atoms with Crippen LogP contribution in [0, 0.1) is 17.3 Å². The lowest BCUT2D eigenvalue weighted by molar-refractivity contribution is -0.139. The molecule has 0 aromatic heterocycles. The molecule has 0 spiro atoms. The van der Waals surface area contributed by atoms with Gasteiger partial charge in [-0.3, -0.25) is 4.90 Å². The van der Waals surface area contributed by atoms with E-state index in [1.807, 2.05) is 0 Å². The van der Waals surface area contributed by atoms with Crippen molar-refractivity contribution in [3.8, 4) is 0 Å². The molecule has 2 atom stereocenters. The first kappa shape index (κ1) is 10.1. The zero-order valence-corrected chi connectivity index (χ0v) is 10.3. The van der Waals surface area contributed by atoms with Gasteiger partial charge in [-0.05, 0) is 43.6 Å². The summed E-state index contributed by atoms with van der Waals surface area (Å²) in [5.41, 5.74) is 1.11. The molecular weight excluding hydrogens is 186 g/mol. The Kier molecular flexibility index (Phi) is 2.01. The van der Waals surface area contributed by atoms with E-state index in [0.717, 1.165) is 30.5 Å². The molecule has 2 heteroatoms. The lowest BCUT2D eigenvalue weighted by Crippen LogP contribution is -2.62. The van der Waals surface area contributed by atoms with Crippen molar-refractivity contribution in [3.63, 3.8) is 0 Å². The molecule has 0 aromatic carbocycles. The van der Waals surface area contributed by atoms with Crippen molar-refractivity contribution in [2.45, 2.75) is 39.2 Å². The predicted molar refractivity (Wildman–Crippen MR) is 60.8 cm³/mol. The molecule has 1 aliphatic carbocycles. The molecule has 0 radical (unpaired) electrons. The van der Waals surface area contributed by atoms with E-state index in [4.69, 9.17) is 4.74 Å². The van der Waals surface area contributed by atoms with Gasteiger partial charge in [0.25, 0.3) is 0 Å². The lowest BCUT2D eigenvalue weighted by Gasteiger charge is -2.50. The average molecular weight is 209 g/mol. The van der Waals surface area contributed by atoms with Crippen LogP contribution in [0.4, 0.5) is 0 Å². The van der Waals surface area contributed by atoms with Crippen LogP contribution >= 0.6 is 0 Å². The zero-order chi connectivity index (χ0) is 10.7. The van der Waals surface area contributed by atoms with Crippen LogP contribution in [0.1, 0.15) is 33.6 Å². The van der Waals surface area contributed by atoms with Crippen LogP contribution in [-0.2, 0) is 4.74 Å². The van der Waals surface area contributed by atoms with Crippen molar-refractivity contribution < 1.29 is 4.74 Å². The van der Waals surface area contributed by atoms with Crippen molar-refractivity contribution in [2.24, 2.45) is 17.3 Å². The molecule has 0 N–H and O–H groups in total. The first-order valence-corrected chi connectivity index (χ1v) is 6.40. The van der Waals surface area contributed by atoms with Crippen LogP contribution in [0.3, 0.4) is 0 Å². The van der Waals surface area contributed by atoms with Crippen LogP contribution < -0.4 is 0 Å². The summed E-state index contributed by atoms with van der Waals surface area (Å²) in [6.45, 7) is 11.7. The molecule has 2 heterocycles. The maximum absolute atomic E-state index is 5.37. The zero-order valence-electron chi connectivity index (χ0n) is 10.3. The molecular formula is C13H23NO. The Balaban J connectivity index is 1.66. The molecule has 2 nitrogen and oxygen atoms in total. The van der Waals surface area contributed by atoms with Gasteiger partial charge in [-0.15, -0.1) is 0 Å². The summed E-state index contributed by atoms with van der Waals surface area (Å²) < 4.78 is 5.37. The van der Waals surface area contributed by atoms with Crippen LogP contribution in [0.25, 0.3) is 0 Å². The maximum atomic E-state index is 5.37. The summed E-state index contributed by atoms with van der Waals surface area (Å²) in [7, 11) is 0. The highest BCUT2D eigenvalue weighted by Gasteiger charge is 2.59. The van der Waals surface area contributed by atoms with Crippen LogP contribution in [0.2, 0.25) is 0 Å². The van der Waals surface area contributed by atoms with Gasteiger partial charge in [-0.25, -0.2) is 0 Å². The minimum atomic E-state index is 0.381. The number of fused-ring (bicyclic) bond motifs is 1. The molecule has 1 saturated carbocycles. The number of rotatable bonds is 2. The van der Waals surface area contributed by atoms with E-state index in [1.54, 1.807) is 0 Å². The Morgan fingerprint density at radius 2 is 2.07 bits per heavy atom. The fraction of sp³-hybridized carbons (Fsp3) is 1.00. The van der Waals surface area contributed by atoms with Gasteiger partial charge in [0.2, 0.25) is 0 Å². The molecule has 15 heavy (non-hydrogen) atoms. The lowest BCUT2D eigenvalue weighted by atomic mass is 9.82.